The third-order valence-corrected chi connectivity index (χ3v) is 2.94. The van der Waals surface area contributed by atoms with E-state index in [0.717, 1.165) is 24.3 Å². The van der Waals surface area contributed by atoms with Crippen LogP contribution in [-0.2, 0) is 4.74 Å². The van der Waals surface area contributed by atoms with E-state index in [1.54, 1.807) is 0 Å². The van der Waals surface area contributed by atoms with E-state index < -0.39 is 0 Å². The van der Waals surface area contributed by atoms with E-state index in [1.165, 1.54) is 0 Å². The molecule has 1 aromatic heterocycles. The number of rotatable bonds is 6. The molecule has 0 bridgehead atoms. The molecule has 0 saturated heterocycles. The Kier molecular flexibility index (Phi) is 5.53. The summed E-state index contributed by atoms with van der Waals surface area (Å²) in [6.45, 7) is 10.6. The van der Waals surface area contributed by atoms with Gasteiger partial charge in [-0.05, 0) is 33.3 Å². The molecule has 0 amide bonds. The molecule has 0 saturated carbocycles. The largest absolute Gasteiger partial charge is 0.380 e. The maximum absolute atomic E-state index is 9.26. The van der Waals surface area contributed by atoms with Gasteiger partial charge in [-0.1, -0.05) is 0 Å². The Balaban J connectivity index is 2.99. The van der Waals surface area contributed by atoms with Gasteiger partial charge in [-0.15, -0.1) is 5.10 Å². The number of likely N-dealkylation sites (N-methyl/N-ethyl adjacent to an activating group) is 1. The zero-order valence-corrected chi connectivity index (χ0v) is 11.5. The topological polar surface area (TPSA) is 62.0 Å². The van der Waals surface area contributed by atoms with Crippen molar-refractivity contribution in [3.63, 3.8) is 0 Å². The zero-order valence-electron chi connectivity index (χ0n) is 11.5. The van der Waals surface area contributed by atoms with Crippen LogP contribution in [0.5, 0.6) is 0 Å². The van der Waals surface area contributed by atoms with Crippen LogP contribution in [0.4, 0.5) is 5.82 Å². The van der Waals surface area contributed by atoms with E-state index in [1.807, 2.05) is 32.6 Å². The predicted molar refractivity (Wildman–Crippen MR) is 70.6 cm³/mol. The van der Waals surface area contributed by atoms with Crippen LogP contribution in [0.1, 0.15) is 30.7 Å². The van der Waals surface area contributed by atoms with Gasteiger partial charge in [0.15, 0.2) is 5.82 Å². The fourth-order valence-corrected chi connectivity index (χ4v) is 1.68. The monoisotopic (exact) mass is 248 g/mol. The Labute approximate surface area is 108 Å². The van der Waals surface area contributed by atoms with Crippen LogP contribution in [0, 0.1) is 25.2 Å². The lowest BCUT2D eigenvalue weighted by molar-refractivity contribution is 0.154. The second-order valence-corrected chi connectivity index (χ2v) is 4.00. The second kappa shape index (κ2) is 6.92. The highest BCUT2D eigenvalue weighted by Crippen LogP contribution is 2.20. The molecule has 0 aliphatic heterocycles. The minimum atomic E-state index is 0.612. The molecule has 0 aliphatic rings. The maximum atomic E-state index is 9.26. The predicted octanol–water partition coefficient (Wildman–Crippen LogP) is 1.83. The lowest BCUT2D eigenvalue weighted by Gasteiger charge is -2.23. The molecule has 0 spiro atoms. The Morgan fingerprint density at radius 3 is 2.56 bits per heavy atom. The Morgan fingerprint density at radius 2 is 2.00 bits per heavy atom. The average molecular weight is 248 g/mol. The minimum absolute atomic E-state index is 0.612. The van der Waals surface area contributed by atoms with Gasteiger partial charge in [-0.3, -0.25) is 0 Å². The normalized spacial score (nSPS) is 10.2. The van der Waals surface area contributed by atoms with Gasteiger partial charge < -0.3 is 9.64 Å². The standard InChI is InChI=1S/C13H20N4O/c1-5-17(7-8-18-6-2)13-12(9-14)10(3)11(4)15-16-13/h5-8H2,1-4H3. The summed E-state index contributed by atoms with van der Waals surface area (Å²) in [4.78, 5) is 2.02. The van der Waals surface area contributed by atoms with E-state index in [0.29, 0.717) is 24.6 Å². The van der Waals surface area contributed by atoms with Crippen molar-refractivity contribution in [2.24, 2.45) is 0 Å². The van der Waals surface area contributed by atoms with Crippen molar-refractivity contribution in [3.05, 3.63) is 16.8 Å². The Morgan fingerprint density at radius 1 is 1.28 bits per heavy atom. The van der Waals surface area contributed by atoms with Crippen molar-refractivity contribution in [3.8, 4) is 6.07 Å². The molecule has 98 valence electrons. The summed E-state index contributed by atoms with van der Waals surface area (Å²) in [6.07, 6.45) is 0. The summed E-state index contributed by atoms with van der Waals surface area (Å²) < 4.78 is 5.34. The zero-order chi connectivity index (χ0) is 13.5. The molecule has 0 fully saturated rings. The summed E-state index contributed by atoms with van der Waals surface area (Å²) in [7, 11) is 0. The summed E-state index contributed by atoms with van der Waals surface area (Å²) in [5, 5.41) is 17.5. The first kappa shape index (κ1) is 14.4. The van der Waals surface area contributed by atoms with E-state index in [-0.39, 0.29) is 0 Å². The van der Waals surface area contributed by atoms with Crippen LogP contribution in [0.25, 0.3) is 0 Å². The molecule has 1 aromatic rings. The van der Waals surface area contributed by atoms with Crippen molar-refractivity contribution >= 4 is 5.82 Å². The van der Waals surface area contributed by atoms with Gasteiger partial charge in [0.05, 0.1) is 12.3 Å². The van der Waals surface area contributed by atoms with E-state index in [4.69, 9.17) is 4.74 Å². The molecule has 0 N–H and O–H groups in total. The number of aromatic nitrogens is 2. The number of anilines is 1. The molecule has 18 heavy (non-hydrogen) atoms. The highest BCUT2D eigenvalue weighted by atomic mass is 16.5. The first-order chi connectivity index (χ1) is 8.65. The van der Waals surface area contributed by atoms with Gasteiger partial charge in [0.2, 0.25) is 0 Å². The van der Waals surface area contributed by atoms with Crippen molar-refractivity contribution in [1.29, 1.82) is 5.26 Å². The van der Waals surface area contributed by atoms with Gasteiger partial charge in [0.25, 0.3) is 0 Å². The molecule has 0 aliphatic carbocycles. The van der Waals surface area contributed by atoms with Crippen molar-refractivity contribution in [1.82, 2.24) is 10.2 Å². The van der Waals surface area contributed by atoms with Crippen LogP contribution < -0.4 is 4.90 Å². The smallest absolute Gasteiger partial charge is 0.169 e. The number of aryl methyl sites for hydroxylation is 1. The number of hydrogen-bond acceptors (Lipinski definition) is 5. The van der Waals surface area contributed by atoms with Crippen LogP contribution in [0.15, 0.2) is 0 Å². The molecule has 5 heteroatoms. The Hall–Kier alpha value is -1.67. The second-order valence-electron chi connectivity index (χ2n) is 4.00. The fraction of sp³-hybridized carbons (Fsp3) is 0.615. The first-order valence-electron chi connectivity index (χ1n) is 6.22. The van der Waals surface area contributed by atoms with Gasteiger partial charge >= 0.3 is 0 Å². The lowest BCUT2D eigenvalue weighted by Crippen LogP contribution is -2.29. The fourth-order valence-electron chi connectivity index (χ4n) is 1.68. The van der Waals surface area contributed by atoms with Gasteiger partial charge in [0, 0.05) is 19.7 Å². The molecule has 1 heterocycles. The molecular formula is C13H20N4O. The number of nitriles is 1. The molecular weight excluding hydrogens is 228 g/mol. The van der Waals surface area contributed by atoms with Gasteiger partial charge in [0.1, 0.15) is 11.6 Å². The lowest BCUT2D eigenvalue weighted by atomic mass is 10.1. The van der Waals surface area contributed by atoms with E-state index in [9.17, 15) is 5.26 Å². The summed E-state index contributed by atoms with van der Waals surface area (Å²) in [5.41, 5.74) is 2.31. The third kappa shape index (κ3) is 3.17. The molecule has 0 aromatic carbocycles. The van der Waals surface area contributed by atoms with Gasteiger partial charge in [-0.2, -0.15) is 10.4 Å². The third-order valence-electron chi connectivity index (χ3n) is 2.94. The van der Waals surface area contributed by atoms with Crippen molar-refractivity contribution in [2.45, 2.75) is 27.7 Å². The molecule has 0 unspecified atom stereocenters. The van der Waals surface area contributed by atoms with E-state index >= 15 is 0 Å². The molecule has 0 atom stereocenters. The minimum Gasteiger partial charge on any atom is -0.380 e. The SMILES string of the molecule is CCOCCN(CC)c1nnc(C)c(C)c1C#N. The van der Waals surface area contributed by atoms with Crippen LogP contribution in [-0.4, -0.2) is 36.5 Å². The quantitative estimate of drug-likeness (QED) is 0.719. The van der Waals surface area contributed by atoms with Gasteiger partial charge in [-0.25, -0.2) is 0 Å². The summed E-state index contributed by atoms with van der Waals surface area (Å²) >= 11 is 0. The summed E-state index contributed by atoms with van der Waals surface area (Å²) in [6, 6.07) is 2.22. The van der Waals surface area contributed by atoms with Crippen LogP contribution in [0.2, 0.25) is 0 Å². The highest BCUT2D eigenvalue weighted by Gasteiger charge is 2.15. The number of hydrogen-bond donors (Lipinski definition) is 0. The molecule has 0 radical (unpaired) electrons. The van der Waals surface area contributed by atoms with Crippen LogP contribution >= 0.6 is 0 Å². The first-order valence-corrected chi connectivity index (χ1v) is 6.22. The number of nitrogens with zero attached hydrogens (tertiary/aromatic N) is 4. The summed E-state index contributed by atoms with van der Waals surface area (Å²) in [5.74, 6) is 0.655. The molecule has 5 nitrogen and oxygen atoms in total. The van der Waals surface area contributed by atoms with Crippen LogP contribution in [0.3, 0.4) is 0 Å². The average Bonchev–Trinajstić information content (AvgIpc) is 2.38. The molecule has 1 rings (SSSR count). The maximum Gasteiger partial charge on any atom is 0.169 e. The number of ether oxygens (including phenoxy) is 1. The van der Waals surface area contributed by atoms with Crippen molar-refractivity contribution in [2.75, 3.05) is 31.2 Å². The van der Waals surface area contributed by atoms with E-state index in [2.05, 4.69) is 16.3 Å². The highest BCUT2D eigenvalue weighted by molar-refractivity contribution is 5.57. The van der Waals surface area contributed by atoms with Crippen molar-refractivity contribution < 1.29 is 4.74 Å². The Bertz CT molecular complexity index is 439.